The first-order valence-corrected chi connectivity index (χ1v) is 5.91. The molecule has 1 atom stereocenters. The van der Waals surface area contributed by atoms with Gasteiger partial charge in [0.15, 0.2) is 0 Å². The summed E-state index contributed by atoms with van der Waals surface area (Å²) >= 11 is 5.90. The normalized spacial score (nSPS) is 17.8. The van der Waals surface area contributed by atoms with Gasteiger partial charge in [-0.3, -0.25) is 0 Å². The molecule has 4 heteroatoms. The lowest BCUT2D eigenvalue weighted by Crippen LogP contribution is -2.26. The highest BCUT2D eigenvalue weighted by Gasteiger charge is 2.19. The summed E-state index contributed by atoms with van der Waals surface area (Å²) in [7, 11) is 0. The topological polar surface area (TPSA) is 37.0 Å². The maximum atomic E-state index is 5.90. The zero-order chi connectivity index (χ0) is 11.7. The van der Waals surface area contributed by atoms with Crippen molar-refractivity contribution in [2.45, 2.75) is 6.04 Å². The standard InChI is InChI=1S/C13H12ClN3/c14-10-6-11-13(16-7-10)17-12(8-15-11)9-4-2-1-3-5-9/h1-7,12,15H,8H2,(H,16,17). The molecular formula is C13H12ClN3. The van der Waals surface area contributed by atoms with Crippen molar-refractivity contribution >= 4 is 23.1 Å². The Bertz CT molecular complexity index is 527. The molecule has 86 valence electrons. The Labute approximate surface area is 105 Å². The lowest BCUT2D eigenvalue weighted by atomic mass is 10.1. The Morgan fingerprint density at radius 3 is 2.88 bits per heavy atom. The lowest BCUT2D eigenvalue weighted by Gasteiger charge is -2.27. The molecule has 17 heavy (non-hydrogen) atoms. The molecule has 0 saturated heterocycles. The monoisotopic (exact) mass is 245 g/mol. The predicted octanol–water partition coefficient (Wildman–Crippen LogP) is 3.31. The van der Waals surface area contributed by atoms with Crippen LogP contribution in [0, 0.1) is 0 Å². The number of aromatic nitrogens is 1. The summed E-state index contributed by atoms with van der Waals surface area (Å²) in [6, 6.07) is 12.5. The molecule has 0 fully saturated rings. The van der Waals surface area contributed by atoms with Crippen LogP contribution in [0.4, 0.5) is 11.5 Å². The smallest absolute Gasteiger partial charge is 0.150 e. The summed E-state index contributed by atoms with van der Waals surface area (Å²) in [6.07, 6.45) is 1.66. The molecule has 0 saturated carbocycles. The number of nitrogens with one attached hydrogen (secondary N) is 2. The summed E-state index contributed by atoms with van der Waals surface area (Å²) in [5, 5.41) is 7.40. The van der Waals surface area contributed by atoms with Gasteiger partial charge in [0.05, 0.1) is 16.8 Å². The third kappa shape index (κ3) is 2.06. The maximum absolute atomic E-state index is 5.90. The highest BCUT2D eigenvalue weighted by molar-refractivity contribution is 6.30. The number of halogens is 1. The van der Waals surface area contributed by atoms with Gasteiger partial charge in [0.2, 0.25) is 0 Å². The number of hydrogen-bond donors (Lipinski definition) is 2. The van der Waals surface area contributed by atoms with Gasteiger partial charge in [0.25, 0.3) is 0 Å². The van der Waals surface area contributed by atoms with E-state index in [0.717, 1.165) is 18.1 Å². The van der Waals surface area contributed by atoms with Crippen LogP contribution >= 0.6 is 11.6 Å². The third-order valence-corrected chi connectivity index (χ3v) is 3.07. The van der Waals surface area contributed by atoms with Gasteiger partial charge in [-0.25, -0.2) is 4.98 Å². The van der Waals surface area contributed by atoms with E-state index >= 15 is 0 Å². The number of anilines is 2. The van der Waals surface area contributed by atoms with E-state index in [1.807, 2.05) is 24.3 Å². The van der Waals surface area contributed by atoms with Crippen molar-refractivity contribution in [2.75, 3.05) is 17.2 Å². The van der Waals surface area contributed by atoms with E-state index in [4.69, 9.17) is 11.6 Å². The van der Waals surface area contributed by atoms with Crippen molar-refractivity contribution in [1.29, 1.82) is 0 Å². The molecule has 1 aliphatic rings. The molecule has 0 bridgehead atoms. The van der Waals surface area contributed by atoms with Gasteiger partial charge < -0.3 is 10.6 Å². The van der Waals surface area contributed by atoms with E-state index in [-0.39, 0.29) is 6.04 Å². The second-order valence-electron chi connectivity index (χ2n) is 4.04. The average Bonchev–Trinajstić information content (AvgIpc) is 2.39. The molecule has 3 nitrogen and oxygen atoms in total. The SMILES string of the molecule is Clc1cnc2c(c1)NCC(c1ccccc1)N2. The highest BCUT2D eigenvalue weighted by Crippen LogP contribution is 2.31. The van der Waals surface area contributed by atoms with E-state index in [0.29, 0.717) is 5.02 Å². The lowest BCUT2D eigenvalue weighted by molar-refractivity contribution is 0.794. The summed E-state index contributed by atoms with van der Waals surface area (Å²) in [6.45, 7) is 0.832. The first kappa shape index (κ1) is 10.4. The van der Waals surface area contributed by atoms with Crippen molar-refractivity contribution in [1.82, 2.24) is 4.98 Å². The van der Waals surface area contributed by atoms with Crippen LogP contribution < -0.4 is 10.6 Å². The first-order chi connectivity index (χ1) is 8.33. The van der Waals surface area contributed by atoms with Crippen LogP contribution in [0.2, 0.25) is 5.02 Å². The number of benzene rings is 1. The molecule has 2 heterocycles. The molecule has 3 rings (SSSR count). The van der Waals surface area contributed by atoms with Crippen LogP contribution in [-0.4, -0.2) is 11.5 Å². The molecule has 0 aliphatic carbocycles. The molecule has 2 N–H and O–H groups in total. The van der Waals surface area contributed by atoms with Gasteiger partial charge in [0, 0.05) is 12.7 Å². The molecule has 2 aromatic rings. The van der Waals surface area contributed by atoms with Gasteiger partial charge in [-0.15, -0.1) is 0 Å². The van der Waals surface area contributed by atoms with E-state index in [1.165, 1.54) is 5.56 Å². The largest absolute Gasteiger partial charge is 0.380 e. The Kier molecular flexibility index (Phi) is 2.61. The van der Waals surface area contributed by atoms with Crippen LogP contribution in [0.5, 0.6) is 0 Å². The van der Waals surface area contributed by atoms with Crippen LogP contribution in [0.3, 0.4) is 0 Å². The van der Waals surface area contributed by atoms with Gasteiger partial charge in [-0.05, 0) is 11.6 Å². The fraction of sp³-hybridized carbons (Fsp3) is 0.154. The number of fused-ring (bicyclic) bond motifs is 1. The first-order valence-electron chi connectivity index (χ1n) is 5.54. The molecule has 0 amide bonds. The Morgan fingerprint density at radius 1 is 1.24 bits per heavy atom. The molecular weight excluding hydrogens is 234 g/mol. The number of rotatable bonds is 1. The molecule has 1 unspecified atom stereocenters. The number of hydrogen-bond acceptors (Lipinski definition) is 3. The van der Waals surface area contributed by atoms with Gasteiger partial charge in [-0.1, -0.05) is 41.9 Å². The second kappa shape index (κ2) is 4.26. The Hall–Kier alpha value is -1.74. The van der Waals surface area contributed by atoms with E-state index in [1.54, 1.807) is 6.20 Å². The summed E-state index contributed by atoms with van der Waals surface area (Å²) in [5.41, 5.74) is 2.21. The quantitative estimate of drug-likeness (QED) is 0.809. The molecule has 1 aromatic carbocycles. The van der Waals surface area contributed by atoms with Gasteiger partial charge in [-0.2, -0.15) is 0 Å². The fourth-order valence-electron chi connectivity index (χ4n) is 2.00. The minimum Gasteiger partial charge on any atom is -0.380 e. The highest BCUT2D eigenvalue weighted by atomic mass is 35.5. The minimum atomic E-state index is 0.248. The minimum absolute atomic E-state index is 0.248. The molecule has 0 spiro atoms. The zero-order valence-corrected chi connectivity index (χ0v) is 9.91. The van der Waals surface area contributed by atoms with Crippen molar-refractivity contribution in [3.05, 3.63) is 53.2 Å². The van der Waals surface area contributed by atoms with E-state index in [2.05, 4.69) is 27.8 Å². The Morgan fingerprint density at radius 2 is 2.06 bits per heavy atom. The van der Waals surface area contributed by atoms with E-state index < -0.39 is 0 Å². The molecule has 1 aliphatic heterocycles. The predicted molar refractivity (Wildman–Crippen MR) is 70.5 cm³/mol. The van der Waals surface area contributed by atoms with Crippen molar-refractivity contribution in [3.63, 3.8) is 0 Å². The maximum Gasteiger partial charge on any atom is 0.150 e. The van der Waals surface area contributed by atoms with Gasteiger partial charge in [0.1, 0.15) is 5.82 Å². The zero-order valence-electron chi connectivity index (χ0n) is 9.15. The summed E-state index contributed by atoms with van der Waals surface area (Å²) in [5.74, 6) is 0.856. The van der Waals surface area contributed by atoms with Crippen molar-refractivity contribution < 1.29 is 0 Å². The third-order valence-electron chi connectivity index (χ3n) is 2.86. The van der Waals surface area contributed by atoms with Crippen molar-refractivity contribution in [2.24, 2.45) is 0 Å². The fourth-order valence-corrected chi connectivity index (χ4v) is 2.16. The van der Waals surface area contributed by atoms with Crippen LogP contribution in [0.15, 0.2) is 42.6 Å². The number of nitrogens with zero attached hydrogens (tertiary/aromatic N) is 1. The Balaban J connectivity index is 1.88. The second-order valence-corrected chi connectivity index (χ2v) is 4.47. The summed E-state index contributed by atoms with van der Waals surface area (Å²) < 4.78 is 0. The summed E-state index contributed by atoms with van der Waals surface area (Å²) in [4.78, 5) is 4.29. The van der Waals surface area contributed by atoms with Crippen molar-refractivity contribution in [3.8, 4) is 0 Å². The number of pyridine rings is 1. The molecule has 1 aromatic heterocycles. The van der Waals surface area contributed by atoms with Crippen LogP contribution in [-0.2, 0) is 0 Å². The van der Waals surface area contributed by atoms with Crippen LogP contribution in [0.25, 0.3) is 0 Å². The van der Waals surface area contributed by atoms with Crippen LogP contribution in [0.1, 0.15) is 11.6 Å². The van der Waals surface area contributed by atoms with Gasteiger partial charge >= 0.3 is 0 Å². The average molecular weight is 246 g/mol. The van der Waals surface area contributed by atoms with E-state index in [9.17, 15) is 0 Å². The molecule has 0 radical (unpaired) electrons.